The third-order valence-electron chi connectivity index (χ3n) is 3.23. The van der Waals surface area contributed by atoms with Gasteiger partial charge in [-0.1, -0.05) is 51.7 Å². The highest BCUT2D eigenvalue weighted by atomic mass is 16.5. The molecule has 0 saturated heterocycles. The number of benzene rings is 1. The van der Waals surface area contributed by atoms with Crippen LogP contribution in [0.4, 0.5) is 0 Å². The monoisotopic (exact) mass is 263 g/mol. The molecule has 0 aliphatic carbocycles. The van der Waals surface area contributed by atoms with Crippen molar-refractivity contribution < 1.29 is 4.74 Å². The summed E-state index contributed by atoms with van der Waals surface area (Å²) in [5.74, 6) is 0.994. The van der Waals surface area contributed by atoms with E-state index in [1.54, 1.807) is 0 Å². The Morgan fingerprint density at radius 2 is 1.63 bits per heavy atom. The van der Waals surface area contributed by atoms with Gasteiger partial charge in [0.05, 0.1) is 6.61 Å². The first-order chi connectivity index (χ1) is 9.36. The Morgan fingerprint density at radius 1 is 0.895 bits per heavy atom. The standard InChI is InChI=1S/C17H29NO/c1-3-5-7-8-14-19-17-11-9-16(10-12-17)15-18-13-6-4-2/h9-12,18H,3-8,13-15H2,1-2H3. The molecule has 0 aliphatic rings. The van der Waals surface area contributed by atoms with Crippen LogP contribution in [0.2, 0.25) is 0 Å². The first-order valence-electron chi connectivity index (χ1n) is 7.79. The van der Waals surface area contributed by atoms with E-state index in [4.69, 9.17) is 4.74 Å². The minimum absolute atomic E-state index is 0.841. The zero-order valence-corrected chi connectivity index (χ0v) is 12.6. The normalized spacial score (nSPS) is 10.6. The van der Waals surface area contributed by atoms with Crippen LogP contribution in [0.3, 0.4) is 0 Å². The van der Waals surface area contributed by atoms with E-state index in [1.807, 2.05) is 0 Å². The first-order valence-corrected chi connectivity index (χ1v) is 7.79. The fourth-order valence-corrected chi connectivity index (χ4v) is 1.96. The van der Waals surface area contributed by atoms with Gasteiger partial charge in [0.1, 0.15) is 5.75 Å². The molecule has 1 aromatic rings. The second-order valence-electron chi connectivity index (χ2n) is 5.08. The van der Waals surface area contributed by atoms with Crippen molar-refractivity contribution in [3.63, 3.8) is 0 Å². The highest BCUT2D eigenvalue weighted by molar-refractivity contribution is 5.27. The summed E-state index contributed by atoms with van der Waals surface area (Å²) in [5, 5.41) is 3.45. The number of hydrogen-bond donors (Lipinski definition) is 1. The summed E-state index contributed by atoms with van der Waals surface area (Å²) in [5.41, 5.74) is 1.33. The van der Waals surface area contributed by atoms with Gasteiger partial charge in [-0.2, -0.15) is 0 Å². The molecule has 0 aromatic heterocycles. The van der Waals surface area contributed by atoms with Gasteiger partial charge in [0, 0.05) is 6.54 Å². The van der Waals surface area contributed by atoms with Gasteiger partial charge in [0.25, 0.3) is 0 Å². The summed E-state index contributed by atoms with van der Waals surface area (Å²) in [4.78, 5) is 0. The summed E-state index contributed by atoms with van der Waals surface area (Å²) >= 11 is 0. The average molecular weight is 263 g/mol. The summed E-state index contributed by atoms with van der Waals surface area (Å²) in [6, 6.07) is 8.47. The van der Waals surface area contributed by atoms with Crippen molar-refractivity contribution in [2.45, 2.75) is 58.9 Å². The zero-order chi connectivity index (χ0) is 13.8. The number of unbranched alkanes of at least 4 members (excludes halogenated alkanes) is 4. The van der Waals surface area contributed by atoms with Gasteiger partial charge < -0.3 is 10.1 Å². The van der Waals surface area contributed by atoms with E-state index in [0.717, 1.165) is 31.9 Å². The minimum Gasteiger partial charge on any atom is -0.494 e. The van der Waals surface area contributed by atoms with Gasteiger partial charge in [-0.3, -0.25) is 0 Å². The summed E-state index contributed by atoms with van der Waals surface area (Å²) < 4.78 is 5.73. The van der Waals surface area contributed by atoms with Crippen LogP contribution < -0.4 is 10.1 Å². The maximum absolute atomic E-state index is 5.73. The molecule has 0 spiro atoms. The molecule has 108 valence electrons. The molecule has 2 nitrogen and oxygen atoms in total. The van der Waals surface area contributed by atoms with Gasteiger partial charge in [0.2, 0.25) is 0 Å². The van der Waals surface area contributed by atoms with Gasteiger partial charge in [-0.15, -0.1) is 0 Å². The van der Waals surface area contributed by atoms with Gasteiger partial charge >= 0.3 is 0 Å². The maximum atomic E-state index is 5.73. The molecule has 1 aromatic carbocycles. The molecule has 1 rings (SSSR count). The SMILES string of the molecule is CCCCCCOc1ccc(CNCCCC)cc1. The van der Waals surface area contributed by atoms with Crippen molar-refractivity contribution in [1.82, 2.24) is 5.32 Å². The number of hydrogen-bond acceptors (Lipinski definition) is 2. The highest BCUT2D eigenvalue weighted by Gasteiger charge is 1.96. The Hall–Kier alpha value is -1.02. The van der Waals surface area contributed by atoms with Crippen LogP contribution in [-0.4, -0.2) is 13.2 Å². The van der Waals surface area contributed by atoms with Gasteiger partial charge in [-0.25, -0.2) is 0 Å². The smallest absolute Gasteiger partial charge is 0.119 e. The van der Waals surface area contributed by atoms with E-state index in [1.165, 1.54) is 37.7 Å². The predicted octanol–water partition coefficient (Wildman–Crippen LogP) is 4.54. The van der Waals surface area contributed by atoms with E-state index in [9.17, 15) is 0 Å². The molecular weight excluding hydrogens is 234 g/mol. The fourth-order valence-electron chi connectivity index (χ4n) is 1.96. The van der Waals surface area contributed by atoms with Crippen molar-refractivity contribution >= 4 is 0 Å². The van der Waals surface area contributed by atoms with Crippen LogP contribution in [0, 0.1) is 0 Å². The van der Waals surface area contributed by atoms with Crippen LogP contribution in [-0.2, 0) is 6.54 Å². The molecule has 19 heavy (non-hydrogen) atoms. The number of rotatable bonds is 11. The molecule has 0 heterocycles. The van der Waals surface area contributed by atoms with E-state index in [2.05, 4.69) is 43.4 Å². The molecule has 0 unspecified atom stereocenters. The molecule has 0 aliphatic heterocycles. The van der Waals surface area contributed by atoms with Crippen molar-refractivity contribution in [2.24, 2.45) is 0 Å². The maximum Gasteiger partial charge on any atom is 0.119 e. The molecule has 0 amide bonds. The molecule has 0 atom stereocenters. The Kier molecular flexibility index (Phi) is 9.17. The molecule has 0 bridgehead atoms. The van der Waals surface area contributed by atoms with Crippen molar-refractivity contribution in [2.75, 3.05) is 13.2 Å². The third-order valence-corrected chi connectivity index (χ3v) is 3.23. The Morgan fingerprint density at radius 3 is 2.32 bits per heavy atom. The molecule has 0 saturated carbocycles. The van der Waals surface area contributed by atoms with E-state index < -0.39 is 0 Å². The topological polar surface area (TPSA) is 21.3 Å². The first kappa shape index (κ1) is 16.0. The van der Waals surface area contributed by atoms with Crippen molar-refractivity contribution in [3.8, 4) is 5.75 Å². The van der Waals surface area contributed by atoms with Gasteiger partial charge in [-0.05, 0) is 37.1 Å². The lowest BCUT2D eigenvalue weighted by molar-refractivity contribution is 0.305. The molecular formula is C17H29NO. The second-order valence-corrected chi connectivity index (χ2v) is 5.08. The van der Waals surface area contributed by atoms with Crippen molar-refractivity contribution in [1.29, 1.82) is 0 Å². The average Bonchev–Trinajstić information content (AvgIpc) is 2.45. The Balaban J connectivity index is 2.16. The third kappa shape index (κ3) is 7.89. The fraction of sp³-hybridized carbons (Fsp3) is 0.647. The van der Waals surface area contributed by atoms with Crippen LogP contribution in [0.1, 0.15) is 57.9 Å². The zero-order valence-electron chi connectivity index (χ0n) is 12.6. The lowest BCUT2D eigenvalue weighted by atomic mass is 10.2. The van der Waals surface area contributed by atoms with E-state index in [0.29, 0.717) is 0 Å². The molecule has 2 heteroatoms. The minimum atomic E-state index is 0.841. The van der Waals surface area contributed by atoms with Crippen LogP contribution >= 0.6 is 0 Å². The lowest BCUT2D eigenvalue weighted by Crippen LogP contribution is -2.14. The highest BCUT2D eigenvalue weighted by Crippen LogP contribution is 2.13. The summed E-state index contributed by atoms with van der Waals surface area (Å²) in [6.07, 6.45) is 7.52. The molecule has 0 fully saturated rings. The van der Waals surface area contributed by atoms with Crippen molar-refractivity contribution in [3.05, 3.63) is 29.8 Å². The second kappa shape index (κ2) is 10.9. The van der Waals surface area contributed by atoms with Crippen LogP contribution in [0.15, 0.2) is 24.3 Å². The van der Waals surface area contributed by atoms with Gasteiger partial charge in [0.15, 0.2) is 0 Å². The Bertz CT molecular complexity index is 308. The largest absolute Gasteiger partial charge is 0.494 e. The number of ether oxygens (including phenoxy) is 1. The van der Waals surface area contributed by atoms with E-state index >= 15 is 0 Å². The van der Waals surface area contributed by atoms with E-state index in [-0.39, 0.29) is 0 Å². The molecule has 1 N–H and O–H groups in total. The predicted molar refractivity (Wildman–Crippen MR) is 82.7 cm³/mol. The van der Waals surface area contributed by atoms with Crippen LogP contribution in [0.25, 0.3) is 0 Å². The Labute approximate surface area is 118 Å². The quantitative estimate of drug-likeness (QED) is 0.592. The lowest BCUT2D eigenvalue weighted by Gasteiger charge is -2.08. The summed E-state index contributed by atoms with van der Waals surface area (Å²) in [7, 11) is 0. The molecule has 0 radical (unpaired) electrons. The summed E-state index contributed by atoms with van der Waals surface area (Å²) in [6.45, 7) is 7.35. The van der Waals surface area contributed by atoms with Crippen LogP contribution in [0.5, 0.6) is 5.75 Å². The number of nitrogens with one attached hydrogen (secondary N) is 1.